The van der Waals surface area contributed by atoms with Crippen molar-refractivity contribution in [2.24, 2.45) is 0 Å². The molecule has 1 N–H and O–H groups in total. The molecule has 0 spiro atoms. The van der Waals surface area contributed by atoms with Gasteiger partial charge in [0, 0.05) is 43.6 Å². The molecule has 2 aromatic carbocycles. The number of piperazine rings is 1. The first-order chi connectivity index (χ1) is 14.2. The second-order valence-electron chi connectivity index (χ2n) is 6.79. The van der Waals surface area contributed by atoms with Gasteiger partial charge in [-0.25, -0.2) is 4.39 Å². The summed E-state index contributed by atoms with van der Waals surface area (Å²) >= 11 is 0. The van der Waals surface area contributed by atoms with Crippen LogP contribution >= 0.6 is 0 Å². The lowest BCUT2D eigenvalue weighted by molar-refractivity contribution is 0.174. The van der Waals surface area contributed by atoms with Crippen molar-refractivity contribution in [3.05, 3.63) is 54.5 Å². The van der Waals surface area contributed by atoms with Crippen molar-refractivity contribution in [3.63, 3.8) is 0 Å². The molecule has 8 nitrogen and oxygen atoms in total. The number of nitrogens with one attached hydrogen (secondary N) is 1. The fourth-order valence-corrected chi connectivity index (χ4v) is 3.43. The summed E-state index contributed by atoms with van der Waals surface area (Å²) < 4.78 is 23.9. The summed E-state index contributed by atoms with van der Waals surface area (Å²) in [4.78, 5) is 8.91. The van der Waals surface area contributed by atoms with E-state index in [2.05, 4.69) is 30.3 Å². The number of hydrogen-bond acceptors (Lipinski definition) is 8. The number of aromatic nitrogens is 3. The molecule has 29 heavy (non-hydrogen) atoms. The van der Waals surface area contributed by atoms with Crippen LogP contribution in [-0.2, 0) is 0 Å². The van der Waals surface area contributed by atoms with E-state index in [4.69, 9.17) is 9.47 Å². The van der Waals surface area contributed by atoms with Gasteiger partial charge in [0.25, 0.3) is 0 Å². The van der Waals surface area contributed by atoms with E-state index in [1.807, 2.05) is 18.2 Å². The van der Waals surface area contributed by atoms with E-state index in [0.29, 0.717) is 17.5 Å². The van der Waals surface area contributed by atoms with Crippen molar-refractivity contribution in [3.8, 4) is 11.5 Å². The molecule has 5 rings (SSSR count). The van der Waals surface area contributed by atoms with Crippen LogP contribution in [0.1, 0.15) is 0 Å². The van der Waals surface area contributed by atoms with Crippen LogP contribution < -0.4 is 24.6 Å². The van der Waals surface area contributed by atoms with Gasteiger partial charge in [-0.15, -0.1) is 5.10 Å². The number of fused-ring (bicyclic) bond motifs is 1. The summed E-state index contributed by atoms with van der Waals surface area (Å²) in [6.45, 7) is 3.35. The van der Waals surface area contributed by atoms with Crippen molar-refractivity contribution in [2.45, 2.75) is 0 Å². The van der Waals surface area contributed by atoms with Gasteiger partial charge in [0.1, 0.15) is 5.82 Å². The Morgan fingerprint density at radius 3 is 2.48 bits per heavy atom. The zero-order valence-corrected chi connectivity index (χ0v) is 15.6. The first-order valence-corrected chi connectivity index (χ1v) is 9.36. The molecule has 0 bridgehead atoms. The number of benzene rings is 2. The average molecular weight is 394 g/mol. The lowest BCUT2D eigenvalue weighted by Crippen LogP contribution is -2.47. The standard InChI is InChI=1S/C20H19FN6O2/c21-14-1-4-16(5-2-14)26-7-9-27(10-8-26)20-24-19(12-22-25-20)23-15-3-6-17-18(11-15)29-13-28-17/h1-6,11-12H,7-10,13H2,(H,23,24,25). The van der Waals surface area contributed by atoms with Crippen LogP contribution in [-0.4, -0.2) is 48.2 Å². The quantitative estimate of drug-likeness (QED) is 0.724. The fraction of sp³-hybridized carbons (Fsp3) is 0.250. The van der Waals surface area contributed by atoms with Crippen molar-refractivity contribution in [2.75, 3.05) is 48.1 Å². The minimum absolute atomic E-state index is 0.223. The normalized spacial score (nSPS) is 15.5. The molecule has 0 saturated carbocycles. The van der Waals surface area contributed by atoms with Crippen LogP contribution in [0.5, 0.6) is 11.5 Å². The second-order valence-corrected chi connectivity index (χ2v) is 6.79. The highest BCUT2D eigenvalue weighted by Gasteiger charge is 2.20. The Bertz CT molecular complexity index is 1010. The maximum atomic E-state index is 13.1. The van der Waals surface area contributed by atoms with Crippen molar-refractivity contribution >= 4 is 23.1 Å². The summed E-state index contributed by atoms with van der Waals surface area (Å²) in [6, 6.07) is 12.2. The molecule has 2 aliphatic rings. The molecule has 1 fully saturated rings. The number of ether oxygens (including phenoxy) is 2. The van der Waals surface area contributed by atoms with Crippen LogP contribution in [0.2, 0.25) is 0 Å². The van der Waals surface area contributed by atoms with E-state index in [1.165, 1.54) is 12.1 Å². The average Bonchev–Trinajstić information content (AvgIpc) is 3.23. The largest absolute Gasteiger partial charge is 0.454 e. The molecular formula is C20H19FN6O2. The van der Waals surface area contributed by atoms with Crippen LogP contribution in [0, 0.1) is 5.82 Å². The van der Waals surface area contributed by atoms with Crippen LogP contribution in [0.15, 0.2) is 48.7 Å². The van der Waals surface area contributed by atoms with Gasteiger partial charge in [-0.2, -0.15) is 10.1 Å². The first-order valence-electron chi connectivity index (χ1n) is 9.36. The highest BCUT2D eigenvalue weighted by Crippen LogP contribution is 2.35. The predicted octanol–water partition coefficient (Wildman–Crippen LogP) is 2.81. The van der Waals surface area contributed by atoms with E-state index in [1.54, 1.807) is 18.3 Å². The van der Waals surface area contributed by atoms with Crippen molar-refractivity contribution < 1.29 is 13.9 Å². The van der Waals surface area contributed by atoms with Gasteiger partial charge < -0.3 is 24.6 Å². The maximum Gasteiger partial charge on any atom is 0.247 e. The predicted molar refractivity (Wildman–Crippen MR) is 107 cm³/mol. The SMILES string of the molecule is Fc1ccc(N2CCN(c3nncc(Nc4ccc5c(c4)OCO5)n3)CC2)cc1. The third kappa shape index (κ3) is 3.71. The van der Waals surface area contributed by atoms with Crippen molar-refractivity contribution in [1.82, 2.24) is 15.2 Å². The molecular weight excluding hydrogens is 375 g/mol. The Morgan fingerprint density at radius 2 is 1.66 bits per heavy atom. The van der Waals surface area contributed by atoms with E-state index in [9.17, 15) is 4.39 Å². The molecule has 0 radical (unpaired) electrons. The topological polar surface area (TPSA) is 75.6 Å². The fourth-order valence-electron chi connectivity index (χ4n) is 3.43. The molecule has 0 atom stereocenters. The van der Waals surface area contributed by atoms with E-state index < -0.39 is 0 Å². The Hall–Kier alpha value is -3.62. The minimum Gasteiger partial charge on any atom is -0.454 e. The van der Waals surface area contributed by atoms with Gasteiger partial charge in [0.15, 0.2) is 17.3 Å². The monoisotopic (exact) mass is 394 g/mol. The van der Waals surface area contributed by atoms with Crippen LogP contribution in [0.3, 0.4) is 0 Å². The summed E-state index contributed by atoms with van der Waals surface area (Å²) in [5.74, 6) is 2.40. The summed E-state index contributed by atoms with van der Waals surface area (Å²) in [5, 5.41) is 11.5. The molecule has 0 amide bonds. The van der Waals surface area contributed by atoms with E-state index >= 15 is 0 Å². The molecule has 1 aromatic heterocycles. The maximum absolute atomic E-state index is 13.1. The molecule has 0 aliphatic carbocycles. The molecule has 2 aliphatic heterocycles. The van der Waals surface area contributed by atoms with Gasteiger partial charge in [-0.3, -0.25) is 0 Å². The second kappa shape index (κ2) is 7.42. The zero-order chi connectivity index (χ0) is 19.6. The van der Waals surface area contributed by atoms with Gasteiger partial charge in [-0.1, -0.05) is 0 Å². The molecule has 3 aromatic rings. The third-order valence-corrected chi connectivity index (χ3v) is 4.95. The highest BCUT2D eigenvalue weighted by atomic mass is 19.1. The number of halogens is 1. The Balaban J connectivity index is 1.25. The van der Waals surface area contributed by atoms with Crippen LogP contribution in [0.25, 0.3) is 0 Å². The molecule has 3 heterocycles. The first kappa shape index (κ1) is 17.5. The van der Waals surface area contributed by atoms with E-state index in [-0.39, 0.29) is 12.6 Å². The summed E-state index contributed by atoms with van der Waals surface area (Å²) in [6.07, 6.45) is 1.59. The number of nitrogens with zero attached hydrogens (tertiary/aromatic N) is 5. The van der Waals surface area contributed by atoms with Gasteiger partial charge in [-0.05, 0) is 36.4 Å². The summed E-state index contributed by atoms with van der Waals surface area (Å²) in [5.41, 5.74) is 1.85. The molecule has 9 heteroatoms. The smallest absolute Gasteiger partial charge is 0.247 e. The molecule has 0 unspecified atom stereocenters. The minimum atomic E-state index is -0.223. The van der Waals surface area contributed by atoms with Crippen molar-refractivity contribution in [1.29, 1.82) is 0 Å². The van der Waals surface area contributed by atoms with Gasteiger partial charge in [0.05, 0.1) is 6.20 Å². The van der Waals surface area contributed by atoms with Gasteiger partial charge >= 0.3 is 0 Å². The lowest BCUT2D eigenvalue weighted by Gasteiger charge is -2.35. The number of anilines is 4. The lowest BCUT2D eigenvalue weighted by atomic mass is 10.2. The van der Waals surface area contributed by atoms with Gasteiger partial charge in [0.2, 0.25) is 12.7 Å². The zero-order valence-electron chi connectivity index (χ0n) is 15.6. The molecule has 148 valence electrons. The van der Waals surface area contributed by atoms with Crippen LogP contribution in [0.4, 0.5) is 27.5 Å². The Kier molecular flexibility index (Phi) is 4.47. The molecule has 1 saturated heterocycles. The number of rotatable bonds is 4. The van der Waals surface area contributed by atoms with E-state index in [0.717, 1.165) is 43.3 Å². The number of hydrogen-bond donors (Lipinski definition) is 1. The summed E-state index contributed by atoms with van der Waals surface area (Å²) in [7, 11) is 0. The highest BCUT2D eigenvalue weighted by molar-refractivity contribution is 5.62. The Labute approximate surface area is 166 Å². The third-order valence-electron chi connectivity index (χ3n) is 4.95. The Morgan fingerprint density at radius 1 is 0.897 bits per heavy atom.